The number of hydrogen-bond donors (Lipinski definition) is 1. The predicted octanol–water partition coefficient (Wildman–Crippen LogP) is 3.35. The summed E-state index contributed by atoms with van der Waals surface area (Å²) in [6, 6.07) is 13.9. The van der Waals surface area contributed by atoms with Crippen molar-refractivity contribution in [2.75, 3.05) is 19.4 Å². The third-order valence-corrected chi connectivity index (χ3v) is 6.14. The topological polar surface area (TPSA) is 79.4 Å². The maximum absolute atomic E-state index is 12.9. The Balaban J connectivity index is 2.03. The summed E-state index contributed by atoms with van der Waals surface area (Å²) in [5, 5.41) is 3.59. The summed E-state index contributed by atoms with van der Waals surface area (Å²) >= 11 is 0. The van der Waals surface area contributed by atoms with Crippen LogP contribution in [0.15, 0.2) is 53.4 Å². The highest BCUT2D eigenvalue weighted by molar-refractivity contribution is 7.89. The summed E-state index contributed by atoms with van der Waals surface area (Å²) in [5.41, 5.74) is 3.21. The number of nitrogens with one attached hydrogen (secondary N) is 1. The van der Waals surface area contributed by atoms with Crippen LogP contribution in [0.2, 0.25) is 0 Å². The van der Waals surface area contributed by atoms with Gasteiger partial charge in [-0.1, -0.05) is 24.3 Å². The van der Waals surface area contributed by atoms with Crippen LogP contribution in [0, 0.1) is 13.8 Å². The van der Waals surface area contributed by atoms with Crippen LogP contribution in [-0.4, -0.2) is 37.7 Å². The molecule has 0 aliphatic rings. The molecule has 1 amide bonds. The van der Waals surface area contributed by atoms with Crippen molar-refractivity contribution in [2.45, 2.75) is 18.7 Å². The van der Waals surface area contributed by atoms with E-state index in [2.05, 4.69) is 10.3 Å². The first-order chi connectivity index (χ1) is 12.7. The summed E-state index contributed by atoms with van der Waals surface area (Å²) in [6.07, 6.45) is 0. The zero-order valence-electron chi connectivity index (χ0n) is 15.6. The first-order valence-electron chi connectivity index (χ1n) is 8.41. The van der Waals surface area contributed by atoms with Gasteiger partial charge in [0.25, 0.3) is 5.91 Å². The normalized spacial score (nSPS) is 11.7. The molecule has 0 unspecified atom stereocenters. The van der Waals surface area contributed by atoms with Gasteiger partial charge in [0.15, 0.2) is 0 Å². The fourth-order valence-corrected chi connectivity index (χ4v) is 3.72. The number of anilines is 1. The Morgan fingerprint density at radius 2 is 1.74 bits per heavy atom. The lowest BCUT2D eigenvalue weighted by Crippen LogP contribution is -2.22. The fraction of sp³-hybridized carbons (Fsp3) is 0.200. The number of fused-ring (bicyclic) bond motifs is 1. The summed E-state index contributed by atoms with van der Waals surface area (Å²) < 4.78 is 25.9. The standard InChI is InChI=1S/C20H21N3O3S/c1-13-9-10-15(27(25,26)23(3)4)12-19(13)22-20(24)17-11-14(2)21-18-8-6-5-7-16(17)18/h5-12H,1-4H3,(H,22,24). The van der Waals surface area contributed by atoms with Crippen LogP contribution in [0.3, 0.4) is 0 Å². The second-order valence-corrected chi connectivity index (χ2v) is 8.70. The number of hydrogen-bond acceptors (Lipinski definition) is 4. The molecule has 0 spiro atoms. The molecular formula is C20H21N3O3S. The SMILES string of the molecule is Cc1cc(C(=O)Nc2cc(S(=O)(=O)N(C)C)ccc2C)c2ccccc2n1. The Morgan fingerprint density at radius 3 is 2.44 bits per heavy atom. The van der Waals surface area contributed by atoms with Crippen molar-refractivity contribution in [3.8, 4) is 0 Å². The number of rotatable bonds is 4. The lowest BCUT2D eigenvalue weighted by Gasteiger charge is -2.15. The largest absolute Gasteiger partial charge is 0.322 e. The van der Waals surface area contributed by atoms with E-state index in [0.29, 0.717) is 11.3 Å². The Bertz CT molecular complexity index is 1140. The van der Waals surface area contributed by atoms with Gasteiger partial charge in [0.05, 0.1) is 16.0 Å². The van der Waals surface area contributed by atoms with E-state index < -0.39 is 10.0 Å². The maximum atomic E-state index is 12.9. The van der Waals surface area contributed by atoms with Gasteiger partial charge in [-0.15, -0.1) is 0 Å². The average Bonchev–Trinajstić information content (AvgIpc) is 2.62. The number of carbonyl (C=O) groups is 1. The minimum absolute atomic E-state index is 0.129. The molecule has 27 heavy (non-hydrogen) atoms. The zero-order chi connectivity index (χ0) is 19.8. The lowest BCUT2D eigenvalue weighted by molar-refractivity contribution is 0.102. The number of nitrogens with zero attached hydrogens (tertiary/aromatic N) is 2. The van der Waals surface area contributed by atoms with E-state index in [1.165, 1.54) is 26.2 Å². The van der Waals surface area contributed by atoms with Crippen molar-refractivity contribution in [1.82, 2.24) is 9.29 Å². The predicted molar refractivity (Wildman–Crippen MR) is 106 cm³/mol. The van der Waals surface area contributed by atoms with Gasteiger partial charge in [0.2, 0.25) is 10.0 Å². The molecule has 0 radical (unpaired) electrons. The molecule has 0 atom stereocenters. The number of aromatic nitrogens is 1. The van der Waals surface area contributed by atoms with Crippen LogP contribution in [-0.2, 0) is 10.0 Å². The van der Waals surface area contributed by atoms with Crippen LogP contribution in [0.25, 0.3) is 10.9 Å². The molecule has 0 saturated heterocycles. The number of carbonyl (C=O) groups excluding carboxylic acids is 1. The summed E-state index contributed by atoms with van der Waals surface area (Å²) in [7, 11) is -0.643. The van der Waals surface area contributed by atoms with Crippen LogP contribution in [0.4, 0.5) is 5.69 Å². The molecule has 1 aromatic heterocycles. The lowest BCUT2D eigenvalue weighted by atomic mass is 10.1. The minimum Gasteiger partial charge on any atom is -0.322 e. The Morgan fingerprint density at radius 1 is 1.04 bits per heavy atom. The second-order valence-electron chi connectivity index (χ2n) is 6.55. The van der Waals surface area contributed by atoms with E-state index >= 15 is 0 Å². The summed E-state index contributed by atoms with van der Waals surface area (Å²) in [5.74, 6) is -0.306. The Labute approximate surface area is 158 Å². The minimum atomic E-state index is -3.59. The molecular weight excluding hydrogens is 362 g/mol. The van der Waals surface area contributed by atoms with Gasteiger partial charge < -0.3 is 5.32 Å². The average molecular weight is 383 g/mol. The van der Waals surface area contributed by atoms with Gasteiger partial charge >= 0.3 is 0 Å². The fourth-order valence-electron chi connectivity index (χ4n) is 2.79. The van der Waals surface area contributed by atoms with Gasteiger partial charge in [-0.05, 0) is 43.7 Å². The highest BCUT2D eigenvalue weighted by Gasteiger charge is 2.19. The smallest absolute Gasteiger partial charge is 0.256 e. The zero-order valence-corrected chi connectivity index (χ0v) is 16.5. The number of benzene rings is 2. The monoisotopic (exact) mass is 383 g/mol. The molecule has 0 fully saturated rings. The first kappa shape index (κ1) is 19.0. The highest BCUT2D eigenvalue weighted by atomic mass is 32.2. The molecule has 0 aliphatic heterocycles. The first-order valence-corrected chi connectivity index (χ1v) is 9.85. The quantitative estimate of drug-likeness (QED) is 0.749. The van der Waals surface area contributed by atoms with E-state index in [1.807, 2.05) is 38.1 Å². The van der Waals surface area contributed by atoms with Gasteiger partial charge in [-0.3, -0.25) is 9.78 Å². The number of sulfonamides is 1. The molecule has 140 valence electrons. The van der Waals surface area contributed by atoms with E-state index in [-0.39, 0.29) is 10.8 Å². The van der Waals surface area contributed by atoms with Crippen LogP contribution >= 0.6 is 0 Å². The van der Waals surface area contributed by atoms with Crippen molar-refractivity contribution >= 4 is 32.5 Å². The number of aryl methyl sites for hydroxylation is 2. The van der Waals surface area contributed by atoms with Crippen LogP contribution < -0.4 is 5.32 Å². The molecule has 7 heteroatoms. The number of pyridine rings is 1. The molecule has 6 nitrogen and oxygen atoms in total. The number of para-hydroxylation sites is 1. The van der Waals surface area contributed by atoms with E-state index in [9.17, 15) is 13.2 Å². The van der Waals surface area contributed by atoms with Crippen LogP contribution in [0.1, 0.15) is 21.6 Å². The summed E-state index contributed by atoms with van der Waals surface area (Å²) in [4.78, 5) is 17.5. The van der Waals surface area contributed by atoms with Gasteiger partial charge in [-0.25, -0.2) is 12.7 Å². The molecule has 3 aromatic rings. The van der Waals surface area contributed by atoms with Crippen molar-refractivity contribution in [3.05, 3.63) is 65.4 Å². The third kappa shape index (κ3) is 3.70. The van der Waals surface area contributed by atoms with Crippen molar-refractivity contribution in [2.24, 2.45) is 0 Å². The van der Waals surface area contributed by atoms with E-state index in [0.717, 1.165) is 26.5 Å². The molecule has 0 aliphatic carbocycles. The van der Waals surface area contributed by atoms with Crippen LogP contribution in [0.5, 0.6) is 0 Å². The molecule has 1 N–H and O–H groups in total. The van der Waals surface area contributed by atoms with Gasteiger partial charge in [0, 0.05) is 30.9 Å². The van der Waals surface area contributed by atoms with Gasteiger partial charge in [-0.2, -0.15) is 0 Å². The Kier molecular flexibility index (Phi) is 4.99. The highest BCUT2D eigenvalue weighted by Crippen LogP contribution is 2.24. The van der Waals surface area contributed by atoms with Crippen molar-refractivity contribution in [3.63, 3.8) is 0 Å². The summed E-state index contributed by atoms with van der Waals surface area (Å²) in [6.45, 7) is 3.65. The maximum Gasteiger partial charge on any atom is 0.256 e. The number of amides is 1. The second kappa shape index (κ2) is 7.09. The Hall–Kier alpha value is -2.77. The molecule has 0 saturated carbocycles. The third-order valence-electron chi connectivity index (χ3n) is 4.32. The molecule has 1 heterocycles. The molecule has 3 rings (SSSR count). The molecule has 2 aromatic carbocycles. The van der Waals surface area contributed by atoms with Gasteiger partial charge in [0.1, 0.15) is 0 Å². The molecule has 0 bridgehead atoms. The van der Waals surface area contributed by atoms with Crippen molar-refractivity contribution in [1.29, 1.82) is 0 Å². The van der Waals surface area contributed by atoms with E-state index in [4.69, 9.17) is 0 Å². The van der Waals surface area contributed by atoms with E-state index in [1.54, 1.807) is 12.1 Å². The van der Waals surface area contributed by atoms with Crippen molar-refractivity contribution < 1.29 is 13.2 Å².